The van der Waals surface area contributed by atoms with Gasteiger partial charge in [-0.3, -0.25) is 14.6 Å². The maximum absolute atomic E-state index is 13.5. The standard InChI is InChI=1S/C39H43F3N6O8S2/c1-57(52,53)46-21-17-44(18-22-46)26-28-3-11-32(12-4-28)43-37(49)31-9-7-30(8-10-31)35-25-34(15-16-36(35)56-39(40,41)42)48(38(50)51)33-13-5-29(6-14-33)27-45-19-23-47(24-20-45)58(2,54)55/h3-16,25H,17-24,26-27H2,1-2H3,(H,43,49)(H,50,51). The minimum Gasteiger partial charge on any atom is -0.464 e. The normalized spacial score (nSPS) is 16.5. The van der Waals surface area contributed by atoms with Crippen LogP contribution in [0, 0.1) is 0 Å². The van der Waals surface area contributed by atoms with Gasteiger partial charge in [-0.15, -0.1) is 13.2 Å². The molecule has 0 radical (unpaired) electrons. The van der Waals surface area contributed by atoms with Crippen LogP contribution in [-0.2, 0) is 33.1 Å². The number of carbonyl (C=O) groups excluding carboxylic acids is 1. The van der Waals surface area contributed by atoms with Crippen molar-refractivity contribution in [1.82, 2.24) is 18.4 Å². The first-order valence-corrected chi connectivity index (χ1v) is 21.9. The van der Waals surface area contributed by atoms with Crippen LogP contribution in [0.5, 0.6) is 5.75 Å². The topological polar surface area (TPSA) is 160 Å². The highest BCUT2D eigenvalue weighted by atomic mass is 32.2. The van der Waals surface area contributed by atoms with Gasteiger partial charge in [-0.1, -0.05) is 36.4 Å². The van der Waals surface area contributed by atoms with Gasteiger partial charge >= 0.3 is 12.5 Å². The van der Waals surface area contributed by atoms with Crippen molar-refractivity contribution in [1.29, 1.82) is 0 Å². The van der Waals surface area contributed by atoms with Gasteiger partial charge < -0.3 is 15.2 Å². The Morgan fingerprint density at radius 1 is 0.690 bits per heavy atom. The molecule has 0 spiro atoms. The van der Waals surface area contributed by atoms with Crippen molar-refractivity contribution in [3.05, 3.63) is 108 Å². The molecule has 2 saturated heterocycles. The molecule has 0 saturated carbocycles. The zero-order chi connectivity index (χ0) is 41.8. The summed E-state index contributed by atoms with van der Waals surface area (Å²) in [6.45, 7) is 4.94. The molecule has 19 heteroatoms. The summed E-state index contributed by atoms with van der Waals surface area (Å²) in [5.41, 5.74) is 3.02. The third kappa shape index (κ3) is 11.1. The van der Waals surface area contributed by atoms with Gasteiger partial charge in [-0.2, -0.15) is 8.61 Å². The van der Waals surface area contributed by atoms with Crippen molar-refractivity contribution >= 4 is 49.1 Å². The van der Waals surface area contributed by atoms with Crippen LogP contribution in [0.3, 0.4) is 0 Å². The predicted octanol–water partition coefficient (Wildman–Crippen LogP) is 5.48. The zero-order valence-electron chi connectivity index (χ0n) is 31.7. The number of ether oxygens (including phenoxy) is 1. The highest BCUT2D eigenvalue weighted by Crippen LogP contribution is 2.39. The largest absolute Gasteiger partial charge is 0.573 e. The number of carbonyl (C=O) groups is 2. The van der Waals surface area contributed by atoms with Crippen LogP contribution >= 0.6 is 0 Å². The average Bonchev–Trinajstić information content (AvgIpc) is 3.16. The van der Waals surface area contributed by atoms with E-state index in [1.807, 2.05) is 12.1 Å². The number of hydrogen-bond donors (Lipinski definition) is 2. The molecule has 2 amide bonds. The maximum atomic E-state index is 13.5. The number of piperazine rings is 2. The molecule has 4 aromatic carbocycles. The lowest BCUT2D eigenvalue weighted by Gasteiger charge is -2.33. The first kappa shape index (κ1) is 42.6. The van der Waals surface area contributed by atoms with E-state index in [2.05, 4.69) is 19.9 Å². The Bertz CT molecular complexity index is 2310. The fourth-order valence-electron chi connectivity index (χ4n) is 6.87. The smallest absolute Gasteiger partial charge is 0.464 e. The average molecular weight is 845 g/mol. The lowest BCUT2D eigenvalue weighted by Crippen LogP contribution is -2.47. The fraction of sp³-hybridized carbons (Fsp3) is 0.333. The van der Waals surface area contributed by atoms with Gasteiger partial charge in [0.25, 0.3) is 5.91 Å². The number of rotatable bonds is 12. The maximum Gasteiger partial charge on any atom is 0.573 e. The van der Waals surface area contributed by atoms with Crippen LogP contribution in [0.15, 0.2) is 91.0 Å². The second kappa shape index (κ2) is 17.4. The number of amides is 2. The molecule has 0 atom stereocenters. The number of benzene rings is 4. The summed E-state index contributed by atoms with van der Waals surface area (Å²) in [6, 6.07) is 23.1. The van der Waals surface area contributed by atoms with E-state index in [-0.39, 0.29) is 28.1 Å². The molecule has 6 rings (SSSR count). The number of sulfonamides is 2. The van der Waals surface area contributed by atoms with Crippen LogP contribution in [0.2, 0.25) is 0 Å². The quantitative estimate of drug-likeness (QED) is 0.187. The Balaban J connectivity index is 1.14. The highest BCUT2D eigenvalue weighted by molar-refractivity contribution is 7.88. The Kier molecular flexibility index (Phi) is 12.8. The van der Waals surface area contributed by atoms with Gasteiger partial charge in [0.15, 0.2) is 0 Å². The van der Waals surface area contributed by atoms with Crippen molar-refractivity contribution in [2.75, 3.05) is 75.1 Å². The lowest BCUT2D eigenvalue weighted by atomic mass is 10.0. The molecule has 2 heterocycles. The second-order valence-electron chi connectivity index (χ2n) is 14.1. The van der Waals surface area contributed by atoms with E-state index < -0.39 is 44.2 Å². The third-order valence-electron chi connectivity index (χ3n) is 9.92. The van der Waals surface area contributed by atoms with Crippen molar-refractivity contribution < 1.29 is 49.4 Å². The summed E-state index contributed by atoms with van der Waals surface area (Å²) in [7, 11) is -6.50. The molecular formula is C39H43F3N6O8S2. The summed E-state index contributed by atoms with van der Waals surface area (Å²) in [5, 5.41) is 13.0. The van der Waals surface area contributed by atoms with Gasteiger partial charge in [-0.25, -0.2) is 26.5 Å². The Hall–Kier alpha value is -5.05. The first-order chi connectivity index (χ1) is 27.3. The Labute approximate surface area is 335 Å². The number of anilines is 3. The molecule has 310 valence electrons. The van der Waals surface area contributed by atoms with Gasteiger partial charge in [0.05, 0.1) is 23.9 Å². The minimum atomic E-state index is -5.04. The fourth-order valence-corrected chi connectivity index (χ4v) is 8.52. The molecule has 2 N–H and O–H groups in total. The second-order valence-corrected chi connectivity index (χ2v) is 18.1. The number of alkyl halides is 3. The molecule has 14 nitrogen and oxygen atoms in total. The third-order valence-corrected chi connectivity index (χ3v) is 12.5. The van der Waals surface area contributed by atoms with E-state index in [4.69, 9.17) is 0 Å². The van der Waals surface area contributed by atoms with E-state index in [0.29, 0.717) is 71.1 Å². The van der Waals surface area contributed by atoms with Crippen molar-refractivity contribution in [2.45, 2.75) is 19.5 Å². The summed E-state index contributed by atoms with van der Waals surface area (Å²) in [6.07, 6.45) is -4.05. The molecular weight excluding hydrogens is 802 g/mol. The van der Waals surface area contributed by atoms with Gasteiger partial charge in [0, 0.05) is 82.3 Å². The zero-order valence-corrected chi connectivity index (χ0v) is 33.4. The van der Waals surface area contributed by atoms with Crippen LogP contribution in [0.1, 0.15) is 21.5 Å². The number of halogens is 3. The molecule has 0 aromatic heterocycles. The van der Waals surface area contributed by atoms with E-state index in [9.17, 15) is 44.7 Å². The number of carboxylic acid groups (broad SMARTS) is 1. The Morgan fingerprint density at radius 2 is 1.16 bits per heavy atom. The molecule has 0 aliphatic carbocycles. The van der Waals surface area contributed by atoms with E-state index in [1.54, 1.807) is 36.4 Å². The Morgan fingerprint density at radius 3 is 1.60 bits per heavy atom. The molecule has 2 aliphatic heterocycles. The number of nitrogens with one attached hydrogen (secondary N) is 1. The van der Waals surface area contributed by atoms with Gasteiger partial charge in [0.2, 0.25) is 20.0 Å². The lowest BCUT2D eigenvalue weighted by molar-refractivity contribution is -0.274. The van der Waals surface area contributed by atoms with Crippen LogP contribution in [0.4, 0.5) is 35.0 Å². The van der Waals surface area contributed by atoms with E-state index in [1.165, 1.54) is 57.5 Å². The summed E-state index contributed by atoms with van der Waals surface area (Å²) in [5.74, 6) is -1.03. The monoisotopic (exact) mass is 844 g/mol. The van der Waals surface area contributed by atoms with Crippen LogP contribution in [0.25, 0.3) is 11.1 Å². The van der Waals surface area contributed by atoms with Crippen molar-refractivity contribution in [3.8, 4) is 16.9 Å². The summed E-state index contributed by atoms with van der Waals surface area (Å²) in [4.78, 5) is 30.9. The van der Waals surface area contributed by atoms with Crippen LogP contribution < -0.4 is 15.0 Å². The van der Waals surface area contributed by atoms with Crippen molar-refractivity contribution in [3.63, 3.8) is 0 Å². The molecule has 0 bridgehead atoms. The molecule has 58 heavy (non-hydrogen) atoms. The molecule has 0 unspecified atom stereocenters. The van der Waals surface area contributed by atoms with Crippen molar-refractivity contribution in [2.24, 2.45) is 0 Å². The van der Waals surface area contributed by atoms with E-state index >= 15 is 0 Å². The van der Waals surface area contributed by atoms with E-state index in [0.717, 1.165) is 22.1 Å². The first-order valence-electron chi connectivity index (χ1n) is 18.2. The summed E-state index contributed by atoms with van der Waals surface area (Å²) < 4.78 is 95.0. The van der Waals surface area contributed by atoms with Gasteiger partial charge in [0.1, 0.15) is 5.75 Å². The molecule has 2 fully saturated rings. The molecule has 4 aromatic rings. The molecule has 2 aliphatic rings. The minimum absolute atomic E-state index is 0.0445. The SMILES string of the molecule is CS(=O)(=O)N1CCN(Cc2ccc(NC(=O)c3ccc(-c4cc(N(C(=O)O)c5ccc(CN6CCN(S(C)(=O)=O)CC6)cc5)ccc4OC(F)(F)F)cc3)cc2)CC1. The predicted molar refractivity (Wildman–Crippen MR) is 213 cm³/mol. The van der Waals surface area contributed by atoms with Crippen LogP contribution in [-0.4, -0.2) is 124 Å². The highest BCUT2D eigenvalue weighted by Gasteiger charge is 2.33. The summed E-state index contributed by atoms with van der Waals surface area (Å²) >= 11 is 0. The number of hydrogen-bond acceptors (Lipinski definition) is 9. The van der Waals surface area contributed by atoms with Gasteiger partial charge in [-0.05, 0) is 71.3 Å². The number of nitrogens with zero attached hydrogens (tertiary/aromatic N) is 5.